The molecule has 0 heterocycles. The zero-order chi connectivity index (χ0) is 28.7. The van der Waals surface area contributed by atoms with Gasteiger partial charge in [0.1, 0.15) is 17.3 Å². The number of aromatic hydroxyl groups is 2. The molecule has 0 saturated heterocycles. The van der Waals surface area contributed by atoms with Gasteiger partial charge in [0.15, 0.2) is 0 Å². The molecular weight excluding hydrogens is 446 g/mol. The van der Waals surface area contributed by atoms with Crippen LogP contribution in [0.5, 0.6) is 11.5 Å². The number of phenols is 2. The van der Waals surface area contributed by atoms with Crippen LogP contribution in [0.4, 0.5) is 0 Å². The first kappa shape index (κ1) is 37.9. The molecule has 0 aliphatic rings. The molecule has 0 fully saturated rings. The Bertz CT molecular complexity index is 782. The molecule has 206 valence electrons. The Morgan fingerprint density at radius 1 is 1.03 bits per heavy atom. The van der Waals surface area contributed by atoms with E-state index >= 15 is 0 Å². The monoisotopic (exact) mass is 501 g/mol. The van der Waals surface area contributed by atoms with Crippen LogP contribution in [0.1, 0.15) is 102 Å². The molecule has 2 N–H and O–H groups in total. The summed E-state index contributed by atoms with van der Waals surface area (Å²) in [5, 5.41) is 17.3. The van der Waals surface area contributed by atoms with Gasteiger partial charge in [0.25, 0.3) is 0 Å². The lowest BCUT2D eigenvalue weighted by Gasteiger charge is -2.09. The lowest BCUT2D eigenvalue weighted by Crippen LogP contribution is -2.12. The summed E-state index contributed by atoms with van der Waals surface area (Å²) in [7, 11) is 0. The number of carbonyl (C=O) groups excluding carboxylic acids is 1. The molecule has 0 aromatic heterocycles. The normalized spacial score (nSPS) is 12.2. The zero-order valence-corrected chi connectivity index (χ0v) is 25.1. The second-order valence-electron chi connectivity index (χ2n) is 9.63. The van der Waals surface area contributed by atoms with Crippen molar-refractivity contribution in [2.24, 2.45) is 22.7 Å². The topological polar surface area (TPSA) is 69.9 Å². The summed E-state index contributed by atoms with van der Waals surface area (Å²) in [4.78, 5) is 14.7. The number of unbranched alkanes of at least 4 members (excludes halogenated alkanes) is 1. The van der Waals surface area contributed by atoms with E-state index in [0.29, 0.717) is 11.7 Å². The number of ketones is 1. The van der Waals surface area contributed by atoms with Crippen LogP contribution in [0, 0.1) is 17.8 Å². The van der Waals surface area contributed by atoms with Crippen molar-refractivity contribution in [3.8, 4) is 11.5 Å². The molecule has 2 unspecified atom stereocenters. The molecular formula is C32H55NO3. The minimum Gasteiger partial charge on any atom is -0.508 e. The molecule has 4 heteroatoms. The third kappa shape index (κ3) is 23.1. The number of hydrogen-bond donors (Lipinski definition) is 2. The number of Topliss-reactive ketones (excluding diaryl/α,β-unsaturated/α-hetero) is 1. The molecule has 0 saturated carbocycles. The molecule has 1 aromatic rings. The number of rotatable bonds is 9. The van der Waals surface area contributed by atoms with Crippen molar-refractivity contribution < 1.29 is 15.0 Å². The maximum Gasteiger partial charge on any atom is 0.132 e. The highest BCUT2D eigenvalue weighted by Gasteiger charge is 2.10. The summed E-state index contributed by atoms with van der Waals surface area (Å²) in [5.74, 6) is 2.15. The van der Waals surface area contributed by atoms with Crippen molar-refractivity contribution in [1.29, 1.82) is 0 Å². The molecule has 1 rings (SSSR count). The SMILES string of the molecule is C=CN=C(C)C(/C=C\C)=C(C)C.CC(=O)C(C)C(C)C.CCCCC(C)CC.Oc1cccc(O)c1. The fourth-order valence-corrected chi connectivity index (χ4v) is 2.74. The van der Waals surface area contributed by atoms with Gasteiger partial charge in [-0.2, -0.15) is 0 Å². The summed E-state index contributed by atoms with van der Waals surface area (Å²) >= 11 is 0. The molecule has 2 atom stereocenters. The number of nitrogens with zero attached hydrogens (tertiary/aromatic N) is 1. The smallest absolute Gasteiger partial charge is 0.132 e. The molecule has 36 heavy (non-hydrogen) atoms. The fraction of sp³-hybridized carbons (Fsp3) is 0.562. The Balaban J connectivity index is -0.000000411. The lowest BCUT2D eigenvalue weighted by atomic mass is 9.95. The van der Waals surface area contributed by atoms with E-state index < -0.39 is 0 Å². The van der Waals surface area contributed by atoms with Crippen molar-refractivity contribution in [3.63, 3.8) is 0 Å². The van der Waals surface area contributed by atoms with E-state index in [1.807, 2.05) is 26.8 Å². The van der Waals surface area contributed by atoms with Gasteiger partial charge >= 0.3 is 0 Å². The Kier molecular flexibility index (Phi) is 25.4. The number of hydrogen-bond acceptors (Lipinski definition) is 4. The summed E-state index contributed by atoms with van der Waals surface area (Å²) in [6.07, 6.45) is 11.2. The highest BCUT2D eigenvalue weighted by atomic mass is 16.3. The molecule has 0 spiro atoms. The van der Waals surface area contributed by atoms with E-state index in [9.17, 15) is 4.79 Å². The van der Waals surface area contributed by atoms with Crippen LogP contribution < -0.4 is 0 Å². The first-order valence-electron chi connectivity index (χ1n) is 13.2. The van der Waals surface area contributed by atoms with E-state index in [0.717, 1.165) is 11.6 Å². The van der Waals surface area contributed by atoms with Gasteiger partial charge in [-0.05, 0) is 64.2 Å². The van der Waals surface area contributed by atoms with Crippen LogP contribution in [-0.4, -0.2) is 21.7 Å². The lowest BCUT2D eigenvalue weighted by molar-refractivity contribution is -0.121. The average molecular weight is 502 g/mol. The van der Waals surface area contributed by atoms with Gasteiger partial charge in [-0.3, -0.25) is 9.79 Å². The predicted octanol–water partition coefficient (Wildman–Crippen LogP) is 9.69. The summed E-state index contributed by atoms with van der Waals surface area (Å²) in [5.41, 5.74) is 3.48. The second-order valence-corrected chi connectivity index (χ2v) is 9.63. The van der Waals surface area contributed by atoms with Crippen molar-refractivity contribution in [2.45, 2.75) is 102 Å². The number of allylic oxidation sites excluding steroid dienone is 4. The van der Waals surface area contributed by atoms with Gasteiger partial charge in [0, 0.05) is 23.9 Å². The fourth-order valence-electron chi connectivity index (χ4n) is 2.74. The second kappa shape index (κ2) is 24.1. The minimum absolute atomic E-state index is 0.0880. The number of aliphatic imine (C=N–C) groups is 1. The summed E-state index contributed by atoms with van der Waals surface area (Å²) in [6, 6.07) is 5.85. The van der Waals surface area contributed by atoms with Crippen molar-refractivity contribution >= 4 is 11.5 Å². The molecule has 0 aliphatic heterocycles. The Morgan fingerprint density at radius 3 is 1.81 bits per heavy atom. The molecule has 1 aromatic carbocycles. The van der Waals surface area contributed by atoms with E-state index in [4.69, 9.17) is 10.2 Å². The Hall–Kier alpha value is -2.62. The minimum atomic E-state index is 0.0880. The number of carbonyl (C=O) groups is 1. The van der Waals surface area contributed by atoms with Crippen LogP contribution in [0.15, 0.2) is 65.3 Å². The Morgan fingerprint density at radius 2 is 1.56 bits per heavy atom. The van der Waals surface area contributed by atoms with Crippen molar-refractivity contribution in [3.05, 3.63) is 60.3 Å². The van der Waals surface area contributed by atoms with Crippen LogP contribution in [0.3, 0.4) is 0 Å². The van der Waals surface area contributed by atoms with Gasteiger partial charge < -0.3 is 10.2 Å². The maximum atomic E-state index is 10.6. The maximum absolute atomic E-state index is 10.6. The first-order chi connectivity index (χ1) is 16.8. The highest BCUT2D eigenvalue weighted by molar-refractivity contribution is 6.01. The molecule has 0 radical (unpaired) electrons. The van der Waals surface area contributed by atoms with Crippen LogP contribution in [0.2, 0.25) is 0 Å². The largest absolute Gasteiger partial charge is 0.508 e. The van der Waals surface area contributed by atoms with E-state index in [-0.39, 0.29) is 17.4 Å². The molecule has 0 bridgehead atoms. The average Bonchev–Trinajstić information content (AvgIpc) is 2.81. The third-order valence-corrected chi connectivity index (χ3v) is 5.77. The van der Waals surface area contributed by atoms with Crippen LogP contribution >= 0.6 is 0 Å². The highest BCUT2D eigenvalue weighted by Crippen LogP contribution is 2.15. The van der Waals surface area contributed by atoms with Gasteiger partial charge in [-0.1, -0.05) is 97.6 Å². The van der Waals surface area contributed by atoms with Gasteiger partial charge in [0.2, 0.25) is 0 Å². The number of phenolic OH excluding ortho intramolecular Hbond substituents is 2. The standard InChI is InChI=1S/C11H17N.C8H18.C7H14O.C6H6O2/c1-6-8-11(9(3)4)10(5)12-7-2;1-4-6-7-8(3)5-2;1-5(2)6(3)7(4)8;7-5-2-1-3-6(8)4-5/h6-8H,2H2,1,3-5H3;8H,4-7H2,1-3H3;5-6H,1-4H3;1-4,7-8H/b8-6-,12-10?;;;. The van der Waals surface area contributed by atoms with Crippen molar-refractivity contribution in [1.82, 2.24) is 0 Å². The molecule has 0 amide bonds. The summed E-state index contributed by atoms with van der Waals surface area (Å²) < 4.78 is 0. The van der Waals surface area contributed by atoms with Crippen LogP contribution in [-0.2, 0) is 4.79 Å². The van der Waals surface area contributed by atoms with Gasteiger partial charge in [-0.25, -0.2) is 0 Å². The number of benzene rings is 1. The van der Waals surface area contributed by atoms with Crippen LogP contribution in [0.25, 0.3) is 0 Å². The molecule has 4 nitrogen and oxygen atoms in total. The summed E-state index contributed by atoms with van der Waals surface area (Å²) in [6.45, 7) is 26.3. The van der Waals surface area contributed by atoms with Gasteiger partial charge in [0.05, 0.1) is 0 Å². The molecule has 0 aliphatic carbocycles. The van der Waals surface area contributed by atoms with Crippen molar-refractivity contribution in [2.75, 3.05) is 0 Å². The van der Waals surface area contributed by atoms with E-state index in [2.05, 4.69) is 66.1 Å². The first-order valence-corrected chi connectivity index (χ1v) is 13.2. The van der Waals surface area contributed by atoms with Gasteiger partial charge in [-0.15, -0.1) is 0 Å². The quantitative estimate of drug-likeness (QED) is 0.261. The third-order valence-electron chi connectivity index (χ3n) is 5.77. The predicted molar refractivity (Wildman–Crippen MR) is 160 cm³/mol. The Labute approximate surface area is 223 Å². The van der Waals surface area contributed by atoms with E-state index in [1.54, 1.807) is 19.2 Å². The zero-order valence-electron chi connectivity index (χ0n) is 25.1. The van der Waals surface area contributed by atoms with E-state index in [1.165, 1.54) is 55.0 Å².